The van der Waals surface area contributed by atoms with Gasteiger partial charge < -0.3 is 20.1 Å². The molecule has 1 amide bonds. The summed E-state index contributed by atoms with van der Waals surface area (Å²) in [4.78, 5) is 23.7. The third-order valence-corrected chi connectivity index (χ3v) is 4.09. The van der Waals surface area contributed by atoms with Gasteiger partial charge in [-0.2, -0.15) is 0 Å². The SMILES string of the molecule is COc1cc(N[C@H](C)C(=O)Nc2ccc(C(C)=O)cc2)c(OC)cc1Cl. The van der Waals surface area contributed by atoms with Gasteiger partial charge in [0.25, 0.3) is 0 Å². The third kappa shape index (κ3) is 4.67. The van der Waals surface area contributed by atoms with Crippen molar-refractivity contribution in [1.29, 1.82) is 0 Å². The van der Waals surface area contributed by atoms with E-state index >= 15 is 0 Å². The van der Waals surface area contributed by atoms with E-state index in [1.54, 1.807) is 43.3 Å². The van der Waals surface area contributed by atoms with Gasteiger partial charge in [0, 0.05) is 23.4 Å². The molecule has 0 spiro atoms. The van der Waals surface area contributed by atoms with Gasteiger partial charge >= 0.3 is 0 Å². The average molecular weight is 377 g/mol. The lowest BCUT2D eigenvalue weighted by molar-refractivity contribution is -0.116. The molecule has 138 valence electrons. The van der Waals surface area contributed by atoms with E-state index in [4.69, 9.17) is 21.1 Å². The molecule has 6 nitrogen and oxygen atoms in total. The quantitative estimate of drug-likeness (QED) is 0.714. The van der Waals surface area contributed by atoms with Crippen molar-refractivity contribution < 1.29 is 19.1 Å². The Hall–Kier alpha value is -2.73. The van der Waals surface area contributed by atoms with Crippen LogP contribution < -0.4 is 20.1 Å². The number of halogens is 1. The maximum atomic E-state index is 12.4. The molecule has 2 rings (SSSR count). The molecule has 7 heteroatoms. The number of benzene rings is 2. The summed E-state index contributed by atoms with van der Waals surface area (Å²) < 4.78 is 10.5. The molecule has 0 unspecified atom stereocenters. The van der Waals surface area contributed by atoms with E-state index in [-0.39, 0.29) is 11.7 Å². The van der Waals surface area contributed by atoms with Crippen molar-refractivity contribution >= 4 is 34.7 Å². The predicted molar refractivity (Wildman–Crippen MR) is 103 cm³/mol. The molecule has 0 radical (unpaired) electrons. The Morgan fingerprint density at radius 2 is 1.65 bits per heavy atom. The van der Waals surface area contributed by atoms with Crippen molar-refractivity contribution in [2.24, 2.45) is 0 Å². The molecule has 0 aliphatic rings. The summed E-state index contributed by atoms with van der Waals surface area (Å²) in [6.45, 7) is 3.22. The molecule has 0 saturated carbocycles. The standard InChI is InChI=1S/C19H21ClN2O4/c1-11(19(24)22-14-7-5-13(6-8-14)12(2)23)21-16-10-17(25-3)15(20)9-18(16)26-4/h5-11,21H,1-4H3,(H,22,24)/t11-/m1/s1. The van der Waals surface area contributed by atoms with Crippen LogP contribution in [0.15, 0.2) is 36.4 Å². The lowest BCUT2D eigenvalue weighted by Crippen LogP contribution is -2.32. The number of carbonyl (C=O) groups is 2. The largest absolute Gasteiger partial charge is 0.495 e. The van der Waals surface area contributed by atoms with Crippen LogP contribution in [0, 0.1) is 0 Å². The van der Waals surface area contributed by atoms with Gasteiger partial charge in [0.05, 0.1) is 24.9 Å². The number of methoxy groups -OCH3 is 2. The van der Waals surface area contributed by atoms with E-state index in [0.29, 0.717) is 33.5 Å². The Balaban J connectivity index is 2.10. The van der Waals surface area contributed by atoms with Gasteiger partial charge in [-0.15, -0.1) is 0 Å². The van der Waals surface area contributed by atoms with Crippen LogP contribution in [-0.2, 0) is 4.79 Å². The fraction of sp³-hybridized carbons (Fsp3) is 0.263. The van der Waals surface area contributed by atoms with E-state index in [2.05, 4.69) is 10.6 Å². The molecular weight excluding hydrogens is 356 g/mol. The summed E-state index contributed by atoms with van der Waals surface area (Å²) in [5.74, 6) is 0.710. The lowest BCUT2D eigenvalue weighted by Gasteiger charge is -2.18. The van der Waals surface area contributed by atoms with Crippen LogP contribution in [0.2, 0.25) is 5.02 Å². The normalized spacial score (nSPS) is 11.4. The molecule has 2 aromatic carbocycles. The highest BCUT2D eigenvalue weighted by atomic mass is 35.5. The lowest BCUT2D eigenvalue weighted by atomic mass is 10.1. The van der Waals surface area contributed by atoms with E-state index in [0.717, 1.165) is 0 Å². The number of carbonyl (C=O) groups excluding carboxylic acids is 2. The van der Waals surface area contributed by atoms with Crippen molar-refractivity contribution in [1.82, 2.24) is 0 Å². The number of anilines is 2. The van der Waals surface area contributed by atoms with Crippen LogP contribution in [0.1, 0.15) is 24.2 Å². The van der Waals surface area contributed by atoms with Crippen LogP contribution in [0.25, 0.3) is 0 Å². The van der Waals surface area contributed by atoms with Gasteiger partial charge in [-0.1, -0.05) is 11.6 Å². The zero-order valence-corrected chi connectivity index (χ0v) is 15.8. The number of ether oxygens (including phenoxy) is 2. The monoisotopic (exact) mass is 376 g/mol. The Bertz CT molecular complexity index is 806. The Morgan fingerprint density at radius 3 is 2.19 bits per heavy atom. The molecule has 26 heavy (non-hydrogen) atoms. The first-order chi connectivity index (χ1) is 12.3. The van der Waals surface area contributed by atoms with E-state index in [1.165, 1.54) is 21.1 Å². The van der Waals surface area contributed by atoms with Crippen LogP contribution in [0.4, 0.5) is 11.4 Å². The van der Waals surface area contributed by atoms with Crippen molar-refractivity contribution in [2.75, 3.05) is 24.9 Å². The number of hydrogen-bond acceptors (Lipinski definition) is 5. The molecule has 0 fully saturated rings. The van der Waals surface area contributed by atoms with E-state index in [1.807, 2.05) is 0 Å². The fourth-order valence-corrected chi connectivity index (χ4v) is 2.54. The minimum atomic E-state index is -0.553. The van der Waals surface area contributed by atoms with Gasteiger partial charge in [-0.3, -0.25) is 9.59 Å². The second-order valence-corrected chi connectivity index (χ2v) is 6.08. The van der Waals surface area contributed by atoms with Gasteiger partial charge in [-0.05, 0) is 38.1 Å². The highest BCUT2D eigenvalue weighted by Crippen LogP contribution is 2.36. The zero-order valence-electron chi connectivity index (χ0n) is 15.1. The van der Waals surface area contributed by atoms with Crippen molar-refractivity contribution in [2.45, 2.75) is 19.9 Å². The van der Waals surface area contributed by atoms with Crippen molar-refractivity contribution in [3.8, 4) is 11.5 Å². The highest BCUT2D eigenvalue weighted by molar-refractivity contribution is 6.32. The molecule has 0 heterocycles. The minimum absolute atomic E-state index is 0.0262. The number of ketones is 1. The number of nitrogens with one attached hydrogen (secondary N) is 2. The molecule has 0 bridgehead atoms. The Morgan fingerprint density at radius 1 is 1.04 bits per heavy atom. The summed E-state index contributed by atoms with van der Waals surface area (Å²) >= 11 is 6.09. The van der Waals surface area contributed by atoms with Gasteiger partial charge in [0.1, 0.15) is 17.5 Å². The third-order valence-electron chi connectivity index (χ3n) is 3.80. The molecule has 0 aliphatic carbocycles. The first-order valence-corrected chi connectivity index (χ1v) is 8.33. The molecule has 1 atom stereocenters. The topological polar surface area (TPSA) is 76.7 Å². The number of amides is 1. The molecule has 2 N–H and O–H groups in total. The summed E-state index contributed by atoms with van der Waals surface area (Å²) in [6, 6.07) is 9.45. The van der Waals surface area contributed by atoms with E-state index in [9.17, 15) is 9.59 Å². The van der Waals surface area contributed by atoms with Crippen molar-refractivity contribution in [3.05, 3.63) is 47.0 Å². The first kappa shape index (κ1) is 19.6. The fourth-order valence-electron chi connectivity index (χ4n) is 2.31. The molecular formula is C19H21ClN2O4. The van der Waals surface area contributed by atoms with Crippen LogP contribution in [-0.4, -0.2) is 32.0 Å². The average Bonchev–Trinajstić information content (AvgIpc) is 2.63. The number of hydrogen-bond donors (Lipinski definition) is 2. The second-order valence-electron chi connectivity index (χ2n) is 5.68. The minimum Gasteiger partial charge on any atom is -0.495 e. The second kappa shape index (κ2) is 8.58. The summed E-state index contributed by atoms with van der Waals surface area (Å²) in [5.41, 5.74) is 1.78. The van der Waals surface area contributed by atoms with Crippen LogP contribution in [0.3, 0.4) is 0 Å². The van der Waals surface area contributed by atoms with Gasteiger partial charge in [0.15, 0.2) is 5.78 Å². The van der Waals surface area contributed by atoms with Crippen LogP contribution in [0.5, 0.6) is 11.5 Å². The molecule has 0 saturated heterocycles. The van der Waals surface area contributed by atoms with Gasteiger partial charge in [-0.25, -0.2) is 0 Å². The maximum Gasteiger partial charge on any atom is 0.246 e. The van der Waals surface area contributed by atoms with Gasteiger partial charge in [0.2, 0.25) is 5.91 Å². The smallest absolute Gasteiger partial charge is 0.246 e. The maximum absolute atomic E-state index is 12.4. The zero-order chi connectivity index (χ0) is 19.3. The highest BCUT2D eigenvalue weighted by Gasteiger charge is 2.17. The number of rotatable bonds is 7. The summed E-state index contributed by atoms with van der Waals surface area (Å²) in [6.07, 6.45) is 0. The van der Waals surface area contributed by atoms with E-state index < -0.39 is 6.04 Å². The van der Waals surface area contributed by atoms with Crippen molar-refractivity contribution in [3.63, 3.8) is 0 Å². The van der Waals surface area contributed by atoms with Crippen LogP contribution >= 0.6 is 11.6 Å². The summed E-state index contributed by atoms with van der Waals surface area (Å²) in [7, 11) is 3.03. The molecule has 0 aliphatic heterocycles. The Kier molecular flexibility index (Phi) is 6.46. The number of Topliss-reactive ketones (excluding diaryl/α,β-unsaturated/α-hetero) is 1. The molecule has 0 aromatic heterocycles. The summed E-state index contributed by atoms with van der Waals surface area (Å²) in [5, 5.41) is 6.29. The first-order valence-electron chi connectivity index (χ1n) is 7.95. The Labute approximate surface area is 157 Å². The molecule has 2 aromatic rings. The predicted octanol–water partition coefficient (Wildman–Crippen LogP) is 4.00.